The van der Waals surface area contributed by atoms with E-state index < -0.39 is 0 Å². The largest absolute Gasteiger partial charge is 0.342 e. The van der Waals surface area contributed by atoms with Gasteiger partial charge in [-0.15, -0.1) is 36.2 Å². The van der Waals surface area contributed by atoms with Crippen molar-refractivity contribution in [2.75, 3.05) is 26.7 Å². The van der Waals surface area contributed by atoms with E-state index in [4.69, 9.17) is 0 Å². The van der Waals surface area contributed by atoms with Crippen LogP contribution in [0.25, 0.3) is 0 Å². The molecule has 4 nitrogen and oxygen atoms in total. The summed E-state index contributed by atoms with van der Waals surface area (Å²) in [6.07, 6.45) is 4.87. The van der Waals surface area contributed by atoms with Crippen LogP contribution in [0.15, 0.2) is 5.38 Å². The average molecular weight is 368 g/mol. The molecule has 1 saturated heterocycles. The SMILES string of the molecule is CNCC1CCCN(C(=O)CCCc2csc(C)n2)C1.Cl.Cl. The summed E-state index contributed by atoms with van der Waals surface area (Å²) in [5, 5.41) is 6.43. The number of thiazole rings is 1. The molecule has 1 atom stereocenters. The van der Waals surface area contributed by atoms with Crippen LogP contribution >= 0.6 is 36.2 Å². The monoisotopic (exact) mass is 367 g/mol. The van der Waals surface area contributed by atoms with Crippen LogP contribution < -0.4 is 5.32 Å². The molecular formula is C15H27Cl2N3OS. The van der Waals surface area contributed by atoms with Gasteiger partial charge < -0.3 is 10.2 Å². The van der Waals surface area contributed by atoms with Crippen molar-refractivity contribution in [3.05, 3.63) is 16.1 Å². The van der Waals surface area contributed by atoms with Gasteiger partial charge in [0.25, 0.3) is 0 Å². The second kappa shape index (κ2) is 11.2. The topological polar surface area (TPSA) is 45.2 Å². The molecule has 0 saturated carbocycles. The number of carbonyl (C=O) groups excluding carboxylic acids is 1. The lowest BCUT2D eigenvalue weighted by atomic mass is 9.97. The van der Waals surface area contributed by atoms with E-state index in [1.54, 1.807) is 11.3 Å². The van der Waals surface area contributed by atoms with Gasteiger partial charge in [-0.05, 0) is 52.1 Å². The number of nitrogens with one attached hydrogen (secondary N) is 1. The Bertz CT molecular complexity index is 440. The van der Waals surface area contributed by atoms with Gasteiger partial charge >= 0.3 is 0 Å². The van der Waals surface area contributed by atoms with Gasteiger partial charge in [-0.2, -0.15) is 0 Å². The van der Waals surface area contributed by atoms with E-state index in [-0.39, 0.29) is 24.8 Å². The van der Waals surface area contributed by atoms with Crippen molar-refractivity contribution in [3.63, 3.8) is 0 Å². The Kier molecular flexibility index (Phi) is 11.0. The highest BCUT2D eigenvalue weighted by Crippen LogP contribution is 2.17. The van der Waals surface area contributed by atoms with Gasteiger partial charge in [-0.3, -0.25) is 4.79 Å². The van der Waals surface area contributed by atoms with Gasteiger partial charge in [-0.1, -0.05) is 0 Å². The summed E-state index contributed by atoms with van der Waals surface area (Å²) in [6, 6.07) is 0. The Labute approximate surface area is 149 Å². The number of aryl methyl sites for hydroxylation is 2. The van der Waals surface area contributed by atoms with Crippen molar-refractivity contribution < 1.29 is 4.79 Å². The van der Waals surface area contributed by atoms with Crippen LogP contribution in [0.2, 0.25) is 0 Å². The minimum absolute atomic E-state index is 0. The first-order valence-corrected chi connectivity index (χ1v) is 8.40. The van der Waals surface area contributed by atoms with Crippen molar-refractivity contribution >= 4 is 42.1 Å². The second-order valence-corrected chi connectivity index (χ2v) is 6.68. The molecule has 1 amide bonds. The molecule has 1 aliphatic heterocycles. The lowest BCUT2D eigenvalue weighted by Crippen LogP contribution is -2.42. The molecule has 128 valence electrons. The highest BCUT2D eigenvalue weighted by atomic mass is 35.5. The zero-order chi connectivity index (χ0) is 14.4. The molecule has 2 heterocycles. The molecule has 7 heteroatoms. The van der Waals surface area contributed by atoms with Crippen molar-refractivity contribution in [3.8, 4) is 0 Å². The summed E-state index contributed by atoms with van der Waals surface area (Å²) in [6.45, 7) is 4.90. The van der Waals surface area contributed by atoms with Crippen molar-refractivity contribution in [1.29, 1.82) is 0 Å². The quantitative estimate of drug-likeness (QED) is 0.839. The van der Waals surface area contributed by atoms with Crippen molar-refractivity contribution in [2.45, 2.75) is 39.0 Å². The van der Waals surface area contributed by atoms with Crippen LogP contribution in [0, 0.1) is 12.8 Å². The zero-order valence-corrected chi connectivity index (χ0v) is 15.8. The summed E-state index contributed by atoms with van der Waals surface area (Å²) < 4.78 is 0. The highest BCUT2D eigenvalue weighted by Gasteiger charge is 2.22. The summed E-state index contributed by atoms with van der Waals surface area (Å²) in [5.41, 5.74) is 1.13. The number of nitrogens with zero attached hydrogens (tertiary/aromatic N) is 2. The summed E-state index contributed by atoms with van der Waals surface area (Å²) in [7, 11) is 1.98. The van der Waals surface area contributed by atoms with Gasteiger partial charge in [0.05, 0.1) is 10.7 Å². The number of carbonyl (C=O) groups is 1. The lowest BCUT2D eigenvalue weighted by Gasteiger charge is -2.32. The third-order valence-corrected chi connectivity index (χ3v) is 4.68. The Balaban J connectivity index is 0.00000220. The molecule has 1 N–H and O–H groups in total. The van der Waals surface area contributed by atoms with Crippen LogP contribution in [0.3, 0.4) is 0 Å². The second-order valence-electron chi connectivity index (χ2n) is 5.62. The lowest BCUT2D eigenvalue weighted by molar-refractivity contribution is -0.133. The number of aromatic nitrogens is 1. The van der Waals surface area contributed by atoms with Gasteiger partial charge in [0.2, 0.25) is 5.91 Å². The van der Waals surface area contributed by atoms with Crippen LogP contribution in [0.4, 0.5) is 0 Å². The average Bonchev–Trinajstić information content (AvgIpc) is 2.85. The molecule has 0 bridgehead atoms. The minimum atomic E-state index is 0. The third-order valence-electron chi connectivity index (χ3n) is 3.85. The van der Waals surface area contributed by atoms with Gasteiger partial charge in [0.1, 0.15) is 0 Å². The van der Waals surface area contributed by atoms with Crippen LogP contribution in [0.1, 0.15) is 36.4 Å². The molecule has 0 radical (unpaired) electrons. The first-order valence-electron chi connectivity index (χ1n) is 7.52. The third kappa shape index (κ3) is 6.82. The Morgan fingerprint density at radius 2 is 2.27 bits per heavy atom. The molecule has 1 aliphatic rings. The fraction of sp³-hybridized carbons (Fsp3) is 0.733. The standard InChI is InChI=1S/C15H25N3OS.2ClH/c1-12-17-14(11-20-12)6-3-7-15(19)18-8-4-5-13(10-18)9-16-2;;/h11,13,16H,3-10H2,1-2H3;2*1H. The highest BCUT2D eigenvalue weighted by molar-refractivity contribution is 7.09. The number of amides is 1. The van der Waals surface area contributed by atoms with Crippen molar-refractivity contribution in [2.24, 2.45) is 5.92 Å². The molecule has 0 spiro atoms. The van der Waals surface area contributed by atoms with E-state index in [0.717, 1.165) is 49.6 Å². The maximum atomic E-state index is 12.2. The van der Waals surface area contributed by atoms with E-state index in [2.05, 4.69) is 20.6 Å². The van der Waals surface area contributed by atoms with E-state index in [1.165, 1.54) is 6.42 Å². The molecule has 0 aromatic carbocycles. The summed E-state index contributed by atoms with van der Waals surface area (Å²) in [4.78, 5) is 18.7. The Morgan fingerprint density at radius 3 is 2.91 bits per heavy atom. The summed E-state index contributed by atoms with van der Waals surface area (Å²) >= 11 is 1.68. The minimum Gasteiger partial charge on any atom is -0.342 e. The van der Waals surface area contributed by atoms with E-state index in [1.807, 2.05) is 14.0 Å². The van der Waals surface area contributed by atoms with Crippen molar-refractivity contribution in [1.82, 2.24) is 15.2 Å². The predicted octanol–water partition coefficient (Wildman–Crippen LogP) is 3.08. The molecular weight excluding hydrogens is 341 g/mol. The Hall–Kier alpha value is -0.360. The molecule has 0 aliphatic carbocycles. The van der Waals surface area contributed by atoms with E-state index in [0.29, 0.717) is 18.2 Å². The van der Waals surface area contributed by atoms with Gasteiger partial charge in [0, 0.05) is 24.9 Å². The molecule has 2 rings (SSSR count). The molecule has 1 aromatic rings. The Morgan fingerprint density at radius 1 is 1.50 bits per heavy atom. The first-order chi connectivity index (χ1) is 9.69. The maximum absolute atomic E-state index is 12.2. The van der Waals surface area contributed by atoms with Gasteiger partial charge in [0.15, 0.2) is 0 Å². The van der Waals surface area contributed by atoms with Crippen LogP contribution in [0.5, 0.6) is 0 Å². The maximum Gasteiger partial charge on any atom is 0.222 e. The molecule has 1 aromatic heterocycles. The van der Waals surface area contributed by atoms with E-state index in [9.17, 15) is 4.79 Å². The smallest absolute Gasteiger partial charge is 0.222 e. The number of halogens is 2. The van der Waals surface area contributed by atoms with Crippen LogP contribution in [-0.4, -0.2) is 42.5 Å². The zero-order valence-electron chi connectivity index (χ0n) is 13.3. The fourth-order valence-electron chi connectivity index (χ4n) is 2.85. The van der Waals surface area contributed by atoms with Gasteiger partial charge in [-0.25, -0.2) is 4.98 Å². The van der Waals surface area contributed by atoms with E-state index >= 15 is 0 Å². The first kappa shape index (κ1) is 21.6. The number of rotatable bonds is 6. The number of likely N-dealkylation sites (tertiary alicyclic amines) is 1. The number of hydrogen-bond acceptors (Lipinski definition) is 4. The number of hydrogen-bond donors (Lipinski definition) is 1. The molecule has 22 heavy (non-hydrogen) atoms. The predicted molar refractivity (Wildman–Crippen MR) is 97.5 cm³/mol. The normalized spacial score (nSPS) is 17.5. The molecule has 1 unspecified atom stereocenters. The van der Waals surface area contributed by atoms with Crippen LogP contribution in [-0.2, 0) is 11.2 Å². The fourth-order valence-corrected chi connectivity index (χ4v) is 3.50. The number of piperidine rings is 1. The molecule has 1 fully saturated rings. The summed E-state index contributed by atoms with van der Waals surface area (Å²) in [5.74, 6) is 0.941.